The zero-order valence-corrected chi connectivity index (χ0v) is 9.32. The molecule has 0 N–H and O–H groups in total. The van der Waals surface area contributed by atoms with Crippen molar-refractivity contribution in [3.63, 3.8) is 0 Å². The van der Waals surface area contributed by atoms with E-state index in [1.807, 2.05) is 0 Å². The van der Waals surface area contributed by atoms with Gasteiger partial charge >= 0.3 is 0 Å². The molecule has 1 aliphatic heterocycles. The number of hydrogen-bond acceptors (Lipinski definition) is 1. The number of benzene rings is 1. The Labute approximate surface area is 95.5 Å². The zero-order chi connectivity index (χ0) is 10.8. The maximum Gasteiger partial charge on any atom is 0.0705 e. The lowest BCUT2D eigenvalue weighted by molar-refractivity contribution is 0.673. The third-order valence-electron chi connectivity index (χ3n) is 3.25. The van der Waals surface area contributed by atoms with E-state index >= 15 is 0 Å². The van der Waals surface area contributed by atoms with Crippen LogP contribution in [0.4, 0.5) is 0 Å². The van der Waals surface area contributed by atoms with Crippen LogP contribution < -0.4 is 10.6 Å². The Morgan fingerprint density at radius 1 is 1.00 bits per heavy atom. The topological polar surface area (TPSA) is 12.4 Å². The summed E-state index contributed by atoms with van der Waals surface area (Å²) in [4.78, 5) is 4.82. The van der Waals surface area contributed by atoms with E-state index < -0.39 is 0 Å². The summed E-state index contributed by atoms with van der Waals surface area (Å²) in [6, 6.07) is 8.35. The summed E-state index contributed by atoms with van der Waals surface area (Å²) >= 11 is 0. The molecule has 1 aromatic rings. The molecule has 0 saturated heterocycles. The number of hydrogen-bond donors (Lipinski definition) is 0. The molecule has 80 valence electrons. The van der Waals surface area contributed by atoms with Gasteiger partial charge in [-0.25, -0.2) is 0 Å². The SMILES string of the molecule is C1=C\C2=C(CCCC2)N=c2cccc/c2=C/1. The van der Waals surface area contributed by atoms with Gasteiger partial charge in [-0.05, 0) is 37.3 Å². The van der Waals surface area contributed by atoms with Crippen molar-refractivity contribution in [3.05, 3.63) is 58.3 Å². The fourth-order valence-corrected chi connectivity index (χ4v) is 2.36. The molecule has 1 heterocycles. The smallest absolute Gasteiger partial charge is 0.0705 e. The summed E-state index contributed by atoms with van der Waals surface area (Å²) < 4.78 is 0. The lowest BCUT2D eigenvalue weighted by Crippen LogP contribution is -2.24. The Bertz CT molecular complexity index is 576. The maximum absolute atomic E-state index is 4.82. The number of rotatable bonds is 0. The van der Waals surface area contributed by atoms with Crippen molar-refractivity contribution in [3.8, 4) is 0 Å². The van der Waals surface area contributed by atoms with Crippen LogP contribution in [0, 0.1) is 0 Å². The lowest BCUT2D eigenvalue weighted by Gasteiger charge is -2.15. The largest absolute Gasteiger partial charge is 0.253 e. The van der Waals surface area contributed by atoms with Crippen LogP contribution in [0.3, 0.4) is 0 Å². The van der Waals surface area contributed by atoms with Gasteiger partial charge in [0.25, 0.3) is 0 Å². The average Bonchev–Trinajstić information content (AvgIpc) is 2.29. The molecule has 0 saturated carbocycles. The molecule has 3 rings (SSSR count). The fourth-order valence-electron chi connectivity index (χ4n) is 2.36. The Hall–Kier alpha value is -1.63. The first-order valence-electron chi connectivity index (χ1n) is 5.98. The van der Waals surface area contributed by atoms with Crippen molar-refractivity contribution in [1.82, 2.24) is 0 Å². The van der Waals surface area contributed by atoms with E-state index in [-0.39, 0.29) is 0 Å². The van der Waals surface area contributed by atoms with Crippen LogP contribution in [0.1, 0.15) is 25.7 Å². The minimum absolute atomic E-state index is 1.11. The highest BCUT2D eigenvalue weighted by atomic mass is 14.7. The van der Waals surface area contributed by atoms with Crippen LogP contribution in [-0.4, -0.2) is 0 Å². The van der Waals surface area contributed by atoms with Crippen molar-refractivity contribution in [1.29, 1.82) is 0 Å². The molecule has 1 heteroatoms. The summed E-state index contributed by atoms with van der Waals surface area (Å²) in [5.41, 5.74) is 2.72. The number of para-hydroxylation sites is 1. The monoisotopic (exact) mass is 209 g/mol. The van der Waals surface area contributed by atoms with Gasteiger partial charge in [0.15, 0.2) is 0 Å². The Balaban J connectivity index is 2.25. The van der Waals surface area contributed by atoms with Crippen LogP contribution >= 0.6 is 0 Å². The van der Waals surface area contributed by atoms with Gasteiger partial charge in [0.1, 0.15) is 0 Å². The lowest BCUT2D eigenvalue weighted by atomic mass is 9.95. The van der Waals surface area contributed by atoms with Crippen LogP contribution in [0.25, 0.3) is 6.08 Å². The Morgan fingerprint density at radius 2 is 1.88 bits per heavy atom. The molecular formula is C15H15N. The van der Waals surface area contributed by atoms with Crippen LogP contribution in [-0.2, 0) is 0 Å². The zero-order valence-electron chi connectivity index (χ0n) is 9.32. The van der Waals surface area contributed by atoms with E-state index in [9.17, 15) is 0 Å². The number of nitrogens with zero attached hydrogens (tertiary/aromatic N) is 1. The Kier molecular flexibility index (Phi) is 2.45. The molecule has 16 heavy (non-hydrogen) atoms. The van der Waals surface area contributed by atoms with E-state index in [1.54, 1.807) is 0 Å². The molecule has 0 fully saturated rings. The number of fused-ring (bicyclic) bond motifs is 1. The van der Waals surface area contributed by atoms with Gasteiger partial charge in [0.05, 0.1) is 5.36 Å². The highest BCUT2D eigenvalue weighted by Crippen LogP contribution is 2.26. The average molecular weight is 209 g/mol. The van der Waals surface area contributed by atoms with Crippen molar-refractivity contribution in [2.75, 3.05) is 0 Å². The molecule has 1 aromatic carbocycles. The quantitative estimate of drug-likeness (QED) is 0.622. The van der Waals surface area contributed by atoms with Gasteiger partial charge in [0, 0.05) is 10.9 Å². The molecule has 0 amide bonds. The molecule has 1 nitrogen and oxygen atoms in total. The van der Waals surface area contributed by atoms with Crippen molar-refractivity contribution >= 4 is 6.08 Å². The van der Waals surface area contributed by atoms with Crippen LogP contribution in [0.2, 0.25) is 0 Å². The van der Waals surface area contributed by atoms with Crippen LogP contribution in [0.5, 0.6) is 0 Å². The first kappa shape index (κ1) is 9.59. The van der Waals surface area contributed by atoms with E-state index in [4.69, 9.17) is 4.99 Å². The predicted octanol–water partition coefficient (Wildman–Crippen LogP) is 2.48. The molecule has 0 bridgehead atoms. The third kappa shape index (κ3) is 1.73. The molecule has 1 aliphatic carbocycles. The molecule has 0 aromatic heterocycles. The molecule has 0 atom stereocenters. The number of allylic oxidation sites excluding steroid dienone is 4. The van der Waals surface area contributed by atoms with E-state index in [2.05, 4.69) is 42.5 Å². The molecule has 0 spiro atoms. The van der Waals surface area contributed by atoms with E-state index in [0.717, 1.165) is 11.8 Å². The van der Waals surface area contributed by atoms with Gasteiger partial charge in [-0.3, -0.25) is 4.99 Å². The van der Waals surface area contributed by atoms with Crippen molar-refractivity contribution < 1.29 is 0 Å². The standard InChI is InChI=1S/C15H15N/c1-3-10-14-12(6-1)8-5-9-13-7-2-4-11-15(13)16-14/h1,3,5-6,8-10H,2,4,7,11H2/b8-5?,9-5-,12-8-,13-9?,16-14?,16-15?. The van der Waals surface area contributed by atoms with Gasteiger partial charge in [-0.15, -0.1) is 0 Å². The molecule has 2 aliphatic rings. The third-order valence-corrected chi connectivity index (χ3v) is 3.25. The van der Waals surface area contributed by atoms with Crippen molar-refractivity contribution in [2.24, 2.45) is 4.99 Å². The molecule has 0 unspecified atom stereocenters. The summed E-state index contributed by atoms with van der Waals surface area (Å²) in [6.45, 7) is 0. The maximum atomic E-state index is 4.82. The van der Waals surface area contributed by atoms with E-state index in [0.29, 0.717) is 0 Å². The summed E-state index contributed by atoms with van der Waals surface area (Å²) in [5, 5.41) is 2.33. The molecule has 0 radical (unpaired) electrons. The van der Waals surface area contributed by atoms with E-state index in [1.165, 1.54) is 35.8 Å². The minimum atomic E-state index is 1.11. The highest BCUT2D eigenvalue weighted by Gasteiger charge is 2.10. The van der Waals surface area contributed by atoms with Gasteiger partial charge in [0.2, 0.25) is 0 Å². The van der Waals surface area contributed by atoms with Gasteiger partial charge in [-0.2, -0.15) is 0 Å². The molecular weight excluding hydrogens is 194 g/mol. The minimum Gasteiger partial charge on any atom is -0.253 e. The summed E-state index contributed by atoms with van der Waals surface area (Å²) in [6.07, 6.45) is 11.4. The van der Waals surface area contributed by atoms with Crippen molar-refractivity contribution in [2.45, 2.75) is 25.7 Å². The summed E-state index contributed by atoms with van der Waals surface area (Å²) in [5.74, 6) is 0. The first-order chi connectivity index (χ1) is 7.93. The normalized spacial score (nSPS) is 22.9. The Morgan fingerprint density at radius 3 is 2.88 bits per heavy atom. The summed E-state index contributed by atoms with van der Waals surface area (Å²) in [7, 11) is 0. The van der Waals surface area contributed by atoms with Gasteiger partial charge < -0.3 is 0 Å². The second-order valence-electron chi connectivity index (χ2n) is 4.38. The van der Waals surface area contributed by atoms with Gasteiger partial charge in [-0.1, -0.05) is 36.4 Å². The second-order valence-corrected chi connectivity index (χ2v) is 4.38. The predicted molar refractivity (Wildman–Crippen MR) is 66.3 cm³/mol. The fraction of sp³-hybridized carbons (Fsp3) is 0.267. The second kappa shape index (κ2) is 4.09. The first-order valence-corrected chi connectivity index (χ1v) is 5.98. The highest BCUT2D eigenvalue weighted by molar-refractivity contribution is 5.43. The van der Waals surface area contributed by atoms with Crippen LogP contribution in [0.15, 0.2) is 52.7 Å².